The van der Waals surface area contributed by atoms with Gasteiger partial charge in [-0.2, -0.15) is 0 Å². The number of benzene rings is 6. The lowest BCUT2D eigenvalue weighted by Gasteiger charge is -2.28. The Bertz CT molecular complexity index is 2570. The number of fused-ring (bicyclic) bond motifs is 1. The summed E-state index contributed by atoms with van der Waals surface area (Å²) in [4.78, 5) is 12.0. The van der Waals surface area contributed by atoms with E-state index in [1.807, 2.05) is 18.3 Å². The average molecular weight is 777 g/mol. The van der Waals surface area contributed by atoms with Gasteiger partial charge in [-0.15, -0.1) is 0 Å². The summed E-state index contributed by atoms with van der Waals surface area (Å²) in [6.45, 7) is 21.0. The largest absolute Gasteiger partial charge is 0.457 e. The lowest BCUT2D eigenvalue weighted by molar-refractivity contribution is 0.483. The zero-order chi connectivity index (χ0) is 41.5. The van der Waals surface area contributed by atoms with Crippen molar-refractivity contribution in [3.63, 3.8) is 0 Å². The topological polar surface area (TPSA) is 31.8 Å². The Morgan fingerprint density at radius 3 is 1.75 bits per heavy atom. The molecule has 0 radical (unpaired) electrons. The highest BCUT2D eigenvalue weighted by atomic mass is 16.5. The first-order chi connectivity index (χ1) is 28.1. The number of ether oxygens (including phenoxy) is 1. The normalized spacial score (nSPS) is 13.0. The summed E-state index contributed by atoms with van der Waals surface area (Å²) in [5.74, 6) is 2.38. The van der Waals surface area contributed by atoms with E-state index in [9.17, 15) is 0 Å². The minimum atomic E-state index is -0.0248. The van der Waals surface area contributed by atoms with Crippen LogP contribution < -0.4 is 19.4 Å². The lowest BCUT2D eigenvalue weighted by atomic mass is 9.85. The van der Waals surface area contributed by atoms with Crippen molar-refractivity contribution in [1.29, 1.82) is 0 Å². The molecule has 298 valence electrons. The first-order valence-electron chi connectivity index (χ1n) is 20.7. The molecule has 1 aliphatic heterocycles. The molecule has 0 N–H and O–H groups in total. The van der Waals surface area contributed by atoms with E-state index in [1.54, 1.807) is 0 Å². The van der Waals surface area contributed by atoms with Gasteiger partial charge in [-0.05, 0) is 105 Å². The van der Waals surface area contributed by atoms with Gasteiger partial charge in [-0.1, -0.05) is 141 Å². The highest BCUT2D eigenvalue weighted by molar-refractivity contribution is 5.92. The number of nitrogens with zero attached hydrogens (tertiary/aromatic N) is 4. The zero-order valence-electron chi connectivity index (χ0n) is 36.0. The van der Waals surface area contributed by atoms with Crippen LogP contribution in [-0.2, 0) is 16.2 Å². The molecule has 8 rings (SSSR count). The van der Waals surface area contributed by atoms with Gasteiger partial charge in [-0.25, -0.2) is 4.98 Å². The molecule has 1 aliphatic rings. The van der Waals surface area contributed by atoms with Crippen molar-refractivity contribution in [3.8, 4) is 22.6 Å². The van der Waals surface area contributed by atoms with E-state index in [2.05, 4.69) is 223 Å². The zero-order valence-corrected chi connectivity index (χ0v) is 36.0. The fourth-order valence-electron chi connectivity index (χ4n) is 7.79. The predicted molar refractivity (Wildman–Crippen MR) is 249 cm³/mol. The van der Waals surface area contributed by atoms with Crippen molar-refractivity contribution in [3.05, 3.63) is 181 Å². The number of para-hydroxylation sites is 2. The number of hydrogen-bond donors (Lipinski definition) is 0. The monoisotopic (exact) mass is 776 g/mol. The molecule has 0 saturated heterocycles. The fourth-order valence-corrected chi connectivity index (χ4v) is 7.79. The molecule has 5 nitrogen and oxygen atoms in total. The number of pyridine rings is 1. The molecule has 59 heavy (non-hydrogen) atoms. The van der Waals surface area contributed by atoms with Crippen LogP contribution in [0.15, 0.2) is 164 Å². The highest BCUT2D eigenvalue weighted by Gasteiger charge is 2.31. The van der Waals surface area contributed by atoms with Crippen LogP contribution >= 0.6 is 0 Å². The van der Waals surface area contributed by atoms with Crippen molar-refractivity contribution < 1.29 is 4.74 Å². The Kier molecular flexibility index (Phi) is 10.3. The third kappa shape index (κ3) is 8.33. The maximum Gasteiger partial charge on any atom is 0.137 e. The molecule has 0 unspecified atom stereocenters. The van der Waals surface area contributed by atoms with Gasteiger partial charge in [0.2, 0.25) is 0 Å². The van der Waals surface area contributed by atoms with E-state index in [4.69, 9.17) is 9.72 Å². The number of aromatic nitrogens is 1. The van der Waals surface area contributed by atoms with Crippen LogP contribution in [0.3, 0.4) is 0 Å². The van der Waals surface area contributed by atoms with Crippen LogP contribution in [0.1, 0.15) is 79.0 Å². The summed E-state index contributed by atoms with van der Waals surface area (Å²) in [6, 6.07) is 56.3. The van der Waals surface area contributed by atoms with Gasteiger partial charge in [0.1, 0.15) is 24.0 Å². The van der Waals surface area contributed by atoms with Gasteiger partial charge in [0.25, 0.3) is 0 Å². The van der Waals surface area contributed by atoms with Crippen molar-refractivity contribution in [1.82, 2.24) is 4.98 Å². The molecule has 0 bridgehead atoms. The maximum atomic E-state index is 6.73. The SMILES string of the molecule is CC(C)(C)c1ccc(N(c2cccc(Oc3cccc(N4CN(c5cc(C(C)(C)C)ccc5-c5ccccc5)c5ccccc54)c3)c2)c2cc(C(C)(C)C)ccn2)cc1. The molecule has 0 atom stereocenters. The molecule has 2 heterocycles. The second kappa shape index (κ2) is 15.4. The minimum Gasteiger partial charge on any atom is -0.457 e. The van der Waals surface area contributed by atoms with Gasteiger partial charge in [0, 0.05) is 35.3 Å². The molecule has 0 amide bonds. The molecule has 6 aromatic carbocycles. The molecular weight excluding hydrogens is 721 g/mol. The second-order valence-electron chi connectivity index (χ2n) is 18.7. The molecule has 7 aromatic rings. The Balaban J connectivity index is 1.13. The van der Waals surface area contributed by atoms with E-state index in [-0.39, 0.29) is 16.2 Å². The standard InChI is InChI=1S/C54H56N4O/c1-52(2,3)39-25-28-42(29-26-39)58(51-34-41(31-32-55-51)54(7,8)9)44-20-16-22-46(36-44)59-45-21-15-19-43(35-45)56-37-57(49-24-14-13-23-48(49)56)50-33-40(53(4,5)6)27-30-47(50)38-17-11-10-12-18-38/h10-36H,37H2,1-9H3. The Hall–Kier alpha value is -6.33. The van der Waals surface area contributed by atoms with Crippen molar-refractivity contribution in [2.75, 3.05) is 21.4 Å². The number of rotatable bonds is 8. The van der Waals surface area contributed by atoms with Gasteiger partial charge in [-0.3, -0.25) is 4.90 Å². The minimum absolute atomic E-state index is 0.00671. The Morgan fingerprint density at radius 1 is 0.475 bits per heavy atom. The summed E-state index contributed by atoms with van der Waals surface area (Å²) >= 11 is 0. The Labute approximate surface area is 351 Å². The highest BCUT2D eigenvalue weighted by Crippen LogP contribution is 2.48. The van der Waals surface area contributed by atoms with Gasteiger partial charge in [0.15, 0.2) is 0 Å². The molecule has 5 heteroatoms. The number of anilines is 7. The van der Waals surface area contributed by atoms with Crippen LogP contribution in [-0.4, -0.2) is 11.7 Å². The summed E-state index contributed by atoms with van der Waals surface area (Å²) < 4.78 is 6.73. The van der Waals surface area contributed by atoms with E-state index in [0.717, 1.165) is 40.1 Å². The smallest absolute Gasteiger partial charge is 0.137 e. The van der Waals surface area contributed by atoms with E-state index in [1.165, 1.54) is 39.2 Å². The van der Waals surface area contributed by atoms with Crippen LogP contribution in [0, 0.1) is 0 Å². The Morgan fingerprint density at radius 2 is 1.07 bits per heavy atom. The maximum absolute atomic E-state index is 6.73. The van der Waals surface area contributed by atoms with Gasteiger partial charge < -0.3 is 14.5 Å². The first-order valence-corrected chi connectivity index (χ1v) is 20.7. The summed E-state index contributed by atoms with van der Waals surface area (Å²) in [7, 11) is 0. The second-order valence-corrected chi connectivity index (χ2v) is 18.7. The van der Waals surface area contributed by atoms with Crippen LogP contribution in [0.5, 0.6) is 11.5 Å². The molecule has 1 aromatic heterocycles. The lowest BCUT2D eigenvalue weighted by Crippen LogP contribution is -2.25. The molecule has 0 aliphatic carbocycles. The van der Waals surface area contributed by atoms with Crippen LogP contribution in [0.25, 0.3) is 11.1 Å². The fraction of sp³-hybridized carbons (Fsp3) is 0.241. The van der Waals surface area contributed by atoms with Gasteiger partial charge in [0.05, 0.1) is 22.7 Å². The van der Waals surface area contributed by atoms with E-state index >= 15 is 0 Å². The predicted octanol–water partition coefficient (Wildman–Crippen LogP) is 15.2. The molecule has 0 saturated carbocycles. The summed E-state index contributed by atoms with van der Waals surface area (Å²) in [6.07, 6.45) is 1.92. The van der Waals surface area contributed by atoms with Crippen molar-refractivity contribution in [2.45, 2.75) is 78.6 Å². The summed E-state index contributed by atoms with van der Waals surface area (Å²) in [5.41, 5.74) is 12.9. The third-order valence-corrected chi connectivity index (χ3v) is 11.3. The molecule has 0 fully saturated rings. The van der Waals surface area contributed by atoms with E-state index in [0.29, 0.717) is 6.67 Å². The molecule has 0 spiro atoms. The van der Waals surface area contributed by atoms with Crippen LogP contribution in [0.2, 0.25) is 0 Å². The quantitative estimate of drug-likeness (QED) is 0.153. The summed E-state index contributed by atoms with van der Waals surface area (Å²) in [5, 5.41) is 0. The van der Waals surface area contributed by atoms with Crippen molar-refractivity contribution in [2.24, 2.45) is 0 Å². The first kappa shape index (κ1) is 39.5. The van der Waals surface area contributed by atoms with Crippen molar-refractivity contribution >= 4 is 39.9 Å². The molecular formula is C54H56N4O. The van der Waals surface area contributed by atoms with Gasteiger partial charge >= 0.3 is 0 Å². The number of hydrogen-bond acceptors (Lipinski definition) is 5. The third-order valence-electron chi connectivity index (χ3n) is 11.3. The average Bonchev–Trinajstić information content (AvgIpc) is 3.60. The van der Waals surface area contributed by atoms with E-state index < -0.39 is 0 Å². The van der Waals surface area contributed by atoms with Crippen LogP contribution in [0.4, 0.5) is 39.9 Å².